The zero-order valence-electron chi connectivity index (χ0n) is 16.6. The highest BCUT2D eigenvalue weighted by Gasteiger charge is 2.10. The molecule has 0 atom stereocenters. The molecule has 0 radical (unpaired) electrons. The number of benzene rings is 3. The fourth-order valence-corrected chi connectivity index (χ4v) is 2.77. The Balaban J connectivity index is 1.59. The lowest BCUT2D eigenvalue weighted by Crippen LogP contribution is -2.17. The molecule has 0 aliphatic heterocycles. The van der Waals surface area contributed by atoms with Gasteiger partial charge in [-0.25, -0.2) is 5.43 Å². The zero-order valence-corrected chi connectivity index (χ0v) is 17.3. The summed E-state index contributed by atoms with van der Waals surface area (Å²) in [4.78, 5) is 12.3. The Morgan fingerprint density at radius 2 is 1.77 bits per heavy atom. The monoisotopic (exact) mass is 424 g/mol. The molecule has 1 N–H and O–H groups in total. The van der Waals surface area contributed by atoms with Crippen LogP contribution in [0.3, 0.4) is 0 Å². The topological polar surface area (TPSA) is 69.2 Å². The van der Waals surface area contributed by atoms with Crippen LogP contribution in [0.4, 0.5) is 0 Å². The molecule has 6 nitrogen and oxygen atoms in total. The first-order chi connectivity index (χ1) is 14.6. The Morgan fingerprint density at radius 1 is 1.00 bits per heavy atom. The smallest absolute Gasteiger partial charge is 0.271 e. The standard InChI is InChI=1S/C23H21ClN2O4/c1-28-21-11-8-18(13-22(21)29-2)23(27)26-25-14-17-4-3-5-20(12-17)30-15-16-6-9-19(24)10-7-16/h3-14H,15H2,1-2H3,(H,26,27)/b25-14+. The molecule has 0 aliphatic rings. The summed E-state index contributed by atoms with van der Waals surface area (Å²) in [5, 5.41) is 4.71. The largest absolute Gasteiger partial charge is 0.493 e. The second kappa shape index (κ2) is 10.3. The van der Waals surface area contributed by atoms with Crippen molar-refractivity contribution in [2.75, 3.05) is 14.2 Å². The molecule has 0 bridgehead atoms. The van der Waals surface area contributed by atoms with E-state index in [9.17, 15) is 4.79 Å². The number of hydrogen-bond donors (Lipinski definition) is 1. The maximum atomic E-state index is 12.3. The van der Waals surface area contributed by atoms with Gasteiger partial charge in [0, 0.05) is 10.6 Å². The van der Waals surface area contributed by atoms with Crippen LogP contribution in [0.25, 0.3) is 0 Å². The highest BCUT2D eigenvalue weighted by Crippen LogP contribution is 2.27. The molecule has 1 amide bonds. The molecule has 0 aliphatic carbocycles. The Kier molecular flexibility index (Phi) is 7.29. The number of hydrogen-bond acceptors (Lipinski definition) is 5. The SMILES string of the molecule is COc1ccc(C(=O)N/N=C/c2cccc(OCc3ccc(Cl)cc3)c2)cc1OC. The average Bonchev–Trinajstić information content (AvgIpc) is 2.78. The van der Waals surface area contributed by atoms with Crippen molar-refractivity contribution in [2.24, 2.45) is 5.10 Å². The third-order valence-corrected chi connectivity index (χ3v) is 4.45. The predicted molar refractivity (Wildman–Crippen MR) is 117 cm³/mol. The third-order valence-electron chi connectivity index (χ3n) is 4.20. The third kappa shape index (κ3) is 5.75. The van der Waals surface area contributed by atoms with Gasteiger partial charge < -0.3 is 14.2 Å². The van der Waals surface area contributed by atoms with Gasteiger partial charge in [-0.1, -0.05) is 35.9 Å². The maximum absolute atomic E-state index is 12.3. The summed E-state index contributed by atoms with van der Waals surface area (Å²) >= 11 is 5.89. The molecule has 3 aromatic rings. The summed E-state index contributed by atoms with van der Waals surface area (Å²) in [6.45, 7) is 0.424. The van der Waals surface area contributed by atoms with E-state index < -0.39 is 0 Å². The second-order valence-corrected chi connectivity index (χ2v) is 6.69. The number of carbonyl (C=O) groups is 1. The Labute approximate surface area is 180 Å². The van der Waals surface area contributed by atoms with Crippen LogP contribution < -0.4 is 19.6 Å². The van der Waals surface area contributed by atoms with E-state index in [1.54, 1.807) is 24.4 Å². The van der Waals surface area contributed by atoms with Crippen molar-refractivity contribution in [1.82, 2.24) is 5.43 Å². The van der Waals surface area contributed by atoms with Gasteiger partial charge in [-0.3, -0.25) is 4.79 Å². The molecule has 0 spiro atoms. The van der Waals surface area contributed by atoms with Gasteiger partial charge in [0.1, 0.15) is 12.4 Å². The molecular formula is C23H21ClN2O4. The van der Waals surface area contributed by atoms with Gasteiger partial charge in [0.15, 0.2) is 11.5 Å². The van der Waals surface area contributed by atoms with Gasteiger partial charge in [-0.2, -0.15) is 5.10 Å². The second-order valence-electron chi connectivity index (χ2n) is 6.26. The Morgan fingerprint density at radius 3 is 2.50 bits per heavy atom. The van der Waals surface area contributed by atoms with E-state index >= 15 is 0 Å². The minimum absolute atomic E-state index is 0.359. The predicted octanol–water partition coefficient (Wildman–Crippen LogP) is 4.70. The number of rotatable bonds is 8. The molecule has 0 saturated heterocycles. The van der Waals surface area contributed by atoms with Crippen molar-refractivity contribution in [3.05, 3.63) is 88.4 Å². The van der Waals surface area contributed by atoms with Crippen molar-refractivity contribution in [3.8, 4) is 17.2 Å². The number of nitrogens with one attached hydrogen (secondary N) is 1. The molecule has 0 fully saturated rings. The molecule has 0 aromatic heterocycles. The van der Waals surface area contributed by atoms with E-state index in [-0.39, 0.29) is 5.91 Å². The van der Waals surface area contributed by atoms with E-state index in [1.165, 1.54) is 14.2 Å². The zero-order chi connectivity index (χ0) is 21.3. The van der Waals surface area contributed by atoms with Crippen molar-refractivity contribution in [2.45, 2.75) is 6.61 Å². The number of nitrogens with zero attached hydrogens (tertiary/aromatic N) is 1. The van der Waals surface area contributed by atoms with E-state index in [4.69, 9.17) is 25.8 Å². The molecule has 154 valence electrons. The molecule has 7 heteroatoms. The van der Waals surface area contributed by atoms with Gasteiger partial charge in [-0.05, 0) is 53.6 Å². The number of amides is 1. The van der Waals surface area contributed by atoms with Crippen LogP contribution in [0, 0.1) is 0 Å². The minimum atomic E-state index is -0.359. The van der Waals surface area contributed by atoms with Crippen LogP contribution >= 0.6 is 11.6 Å². The Bertz CT molecular complexity index is 1040. The van der Waals surface area contributed by atoms with Crippen LogP contribution in [0.15, 0.2) is 71.8 Å². The van der Waals surface area contributed by atoms with Crippen molar-refractivity contribution < 1.29 is 19.0 Å². The van der Waals surface area contributed by atoms with Crippen molar-refractivity contribution in [3.63, 3.8) is 0 Å². The number of carbonyl (C=O) groups excluding carboxylic acids is 1. The van der Waals surface area contributed by atoms with E-state index in [0.29, 0.717) is 34.4 Å². The summed E-state index contributed by atoms with van der Waals surface area (Å²) in [6, 6.07) is 19.8. The van der Waals surface area contributed by atoms with Crippen molar-refractivity contribution >= 4 is 23.7 Å². The number of halogens is 1. The molecular weight excluding hydrogens is 404 g/mol. The van der Waals surface area contributed by atoms with Crippen LogP contribution in [0.5, 0.6) is 17.2 Å². The summed E-state index contributed by atoms with van der Waals surface area (Å²) in [7, 11) is 3.05. The normalized spacial score (nSPS) is 10.6. The number of ether oxygens (including phenoxy) is 3. The quantitative estimate of drug-likeness (QED) is 0.420. The van der Waals surface area contributed by atoms with E-state index in [2.05, 4.69) is 10.5 Å². The average molecular weight is 425 g/mol. The lowest BCUT2D eigenvalue weighted by atomic mass is 10.2. The lowest BCUT2D eigenvalue weighted by molar-refractivity contribution is 0.0954. The number of methoxy groups -OCH3 is 2. The molecule has 0 heterocycles. The van der Waals surface area contributed by atoms with Gasteiger partial charge in [0.2, 0.25) is 0 Å². The fraction of sp³-hybridized carbons (Fsp3) is 0.130. The van der Waals surface area contributed by atoms with Gasteiger partial charge in [-0.15, -0.1) is 0 Å². The lowest BCUT2D eigenvalue weighted by Gasteiger charge is -2.08. The summed E-state index contributed by atoms with van der Waals surface area (Å²) in [5.74, 6) is 1.36. The summed E-state index contributed by atoms with van der Waals surface area (Å²) in [6.07, 6.45) is 1.55. The first kappa shape index (κ1) is 21.2. The molecule has 3 aromatic carbocycles. The molecule has 0 saturated carbocycles. The van der Waals surface area contributed by atoms with Gasteiger partial charge in [0.25, 0.3) is 5.91 Å². The van der Waals surface area contributed by atoms with E-state index in [0.717, 1.165) is 11.1 Å². The van der Waals surface area contributed by atoms with Crippen molar-refractivity contribution in [1.29, 1.82) is 0 Å². The van der Waals surface area contributed by atoms with Gasteiger partial charge >= 0.3 is 0 Å². The van der Waals surface area contributed by atoms with Crippen LogP contribution in [0.2, 0.25) is 5.02 Å². The fourth-order valence-electron chi connectivity index (χ4n) is 2.64. The maximum Gasteiger partial charge on any atom is 0.271 e. The first-order valence-electron chi connectivity index (χ1n) is 9.12. The van der Waals surface area contributed by atoms with E-state index in [1.807, 2.05) is 48.5 Å². The molecule has 3 rings (SSSR count). The molecule has 30 heavy (non-hydrogen) atoms. The summed E-state index contributed by atoms with van der Waals surface area (Å²) < 4.78 is 16.2. The minimum Gasteiger partial charge on any atom is -0.493 e. The highest BCUT2D eigenvalue weighted by molar-refractivity contribution is 6.30. The van der Waals surface area contributed by atoms with Crippen LogP contribution in [0.1, 0.15) is 21.5 Å². The van der Waals surface area contributed by atoms with Crippen LogP contribution in [-0.4, -0.2) is 26.3 Å². The number of hydrazone groups is 1. The first-order valence-corrected chi connectivity index (χ1v) is 9.49. The Hall–Kier alpha value is -3.51. The van der Waals surface area contributed by atoms with Gasteiger partial charge in [0.05, 0.1) is 20.4 Å². The highest BCUT2D eigenvalue weighted by atomic mass is 35.5. The summed E-state index contributed by atoms with van der Waals surface area (Å²) in [5.41, 5.74) is 4.71. The van der Waals surface area contributed by atoms with Crippen LogP contribution in [-0.2, 0) is 6.61 Å². The molecule has 0 unspecified atom stereocenters.